The van der Waals surface area contributed by atoms with E-state index in [1.54, 1.807) is 19.2 Å². The van der Waals surface area contributed by atoms with E-state index in [2.05, 4.69) is 49.4 Å². The molecule has 0 aliphatic heterocycles. The fraction of sp³-hybridized carbons (Fsp3) is 0.185. The van der Waals surface area contributed by atoms with Gasteiger partial charge in [0.1, 0.15) is 11.7 Å². The van der Waals surface area contributed by atoms with Crippen molar-refractivity contribution < 1.29 is 37.5 Å². The van der Waals surface area contributed by atoms with Crippen LogP contribution in [-0.2, 0) is 32.7 Å². The van der Waals surface area contributed by atoms with Crippen molar-refractivity contribution in [3.8, 4) is 6.07 Å². The average Bonchev–Trinajstić information content (AvgIpc) is 3.00. The zero-order valence-corrected chi connectivity index (χ0v) is 21.2. The summed E-state index contributed by atoms with van der Waals surface area (Å²) >= 11 is 0. The number of ketones is 1. The van der Waals surface area contributed by atoms with Crippen molar-refractivity contribution in [1.82, 2.24) is 0 Å². The number of fused-ring (bicyclic) bond motifs is 1. The summed E-state index contributed by atoms with van der Waals surface area (Å²) in [6.07, 6.45) is 1.47. The molecule has 2 nitrogen and oxygen atoms in total. The van der Waals surface area contributed by atoms with E-state index in [1.807, 2.05) is 45.0 Å². The summed E-state index contributed by atoms with van der Waals surface area (Å²) in [6.45, 7) is 21.1. The molecule has 3 heteroatoms. The smallest absolute Gasteiger partial charge is 0.284 e. The Morgan fingerprint density at radius 1 is 1.10 bits per heavy atom. The van der Waals surface area contributed by atoms with Crippen molar-refractivity contribution in [2.75, 3.05) is 7.05 Å². The fourth-order valence-corrected chi connectivity index (χ4v) is 2.80. The van der Waals surface area contributed by atoms with Crippen LogP contribution in [0.15, 0.2) is 74.4 Å². The molecule has 3 rings (SSSR count). The maximum Gasteiger partial charge on any atom is 0.284 e. The molecule has 2 aromatic rings. The van der Waals surface area contributed by atoms with Gasteiger partial charge in [-0.25, -0.2) is 0 Å². The molecule has 0 heterocycles. The zero-order valence-electron chi connectivity index (χ0n) is 18.4. The Hall–Kier alpha value is -2.34. The number of Topliss-reactive ketones (excluding diaryl/α,β-unsaturated/α-hetero) is 1. The van der Waals surface area contributed by atoms with E-state index in [4.69, 9.17) is 0 Å². The van der Waals surface area contributed by atoms with E-state index in [1.165, 1.54) is 6.08 Å². The van der Waals surface area contributed by atoms with Gasteiger partial charge in [0.05, 0.1) is 0 Å². The molecule has 151 valence electrons. The van der Waals surface area contributed by atoms with E-state index < -0.39 is 0 Å². The Bertz CT molecular complexity index is 970. The molecule has 0 saturated heterocycles. The van der Waals surface area contributed by atoms with Crippen LogP contribution >= 0.6 is 0 Å². The van der Waals surface area contributed by atoms with Crippen molar-refractivity contribution in [2.24, 2.45) is 5.92 Å². The molecule has 0 amide bonds. The first-order chi connectivity index (χ1) is 13.9. The van der Waals surface area contributed by atoms with Gasteiger partial charge in [-0.15, -0.1) is 23.3 Å². The van der Waals surface area contributed by atoms with E-state index in [-0.39, 0.29) is 44.4 Å². The summed E-state index contributed by atoms with van der Waals surface area (Å²) in [5.41, 5.74) is 6.33. The number of hydrogen-bond acceptors (Lipinski definition) is 1. The van der Waals surface area contributed by atoms with Crippen molar-refractivity contribution in [1.29, 1.82) is 0 Å². The van der Waals surface area contributed by atoms with Gasteiger partial charge >= 0.3 is 0 Å². The third-order valence-corrected chi connectivity index (χ3v) is 4.38. The molecule has 0 spiro atoms. The van der Waals surface area contributed by atoms with E-state index in [0.29, 0.717) is 11.1 Å². The number of allylic oxidation sites excluding steroid dienone is 4. The quantitative estimate of drug-likeness (QED) is 0.208. The Balaban J connectivity index is 0.000000504. The van der Waals surface area contributed by atoms with Crippen molar-refractivity contribution >= 4 is 16.9 Å². The Labute approximate surface area is 206 Å². The van der Waals surface area contributed by atoms with Gasteiger partial charge in [-0.1, -0.05) is 62.6 Å². The number of nitrogens with zero attached hydrogens (tertiary/aromatic N) is 1. The normalized spacial score (nSPS) is 13.0. The largest absolute Gasteiger partial charge is 0.303 e. The van der Waals surface area contributed by atoms with Crippen LogP contribution in [0.2, 0.25) is 0 Å². The number of carbonyl (C=O) groups is 1. The summed E-state index contributed by atoms with van der Waals surface area (Å²) in [4.78, 5) is 15.5. The van der Waals surface area contributed by atoms with Crippen LogP contribution in [0, 0.1) is 31.0 Å². The van der Waals surface area contributed by atoms with Crippen molar-refractivity contribution in [3.63, 3.8) is 0 Å². The first-order valence-corrected chi connectivity index (χ1v) is 9.47. The molecule has 1 unspecified atom stereocenters. The van der Waals surface area contributed by atoms with Gasteiger partial charge in [-0.3, -0.25) is 0 Å². The van der Waals surface area contributed by atoms with E-state index in [0.717, 1.165) is 27.8 Å². The van der Waals surface area contributed by atoms with Crippen LogP contribution in [0.1, 0.15) is 40.9 Å². The van der Waals surface area contributed by atoms with Crippen LogP contribution in [-0.4, -0.2) is 12.8 Å². The number of aryl methyl sites for hydroxylation is 1. The maximum atomic E-state index is 11.6. The molecular formula is C27H28NOY-. The van der Waals surface area contributed by atoms with Gasteiger partial charge in [0, 0.05) is 38.3 Å². The molecule has 0 N–H and O–H groups in total. The fourth-order valence-electron chi connectivity index (χ4n) is 2.80. The van der Waals surface area contributed by atoms with Gasteiger partial charge in [-0.2, -0.15) is 48.5 Å². The van der Waals surface area contributed by atoms with Crippen molar-refractivity contribution in [3.05, 3.63) is 114 Å². The number of hydrogen-bond donors (Lipinski definition) is 0. The molecule has 1 aliphatic carbocycles. The standard InChI is InChI=1S/C13H11N.C12H11O.C2H6.Y/c1-9-11-6-4-5-7-12(11)10(2)13(9)8-14-3;1-4-9(2)12(13)11-8-6-5-7-10(11)3;1-2;/h4,6-7,13H,1-2H2,3H3;4-5,7-8H,1-2H2,3H3;1-2H3;/q;-1;;. The van der Waals surface area contributed by atoms with Crippen LogP contribution < -0.4 is 0 Å². The molecule has 30 heavy (non-hydrogen) atoms. The van der Waals surface area contributed by atoms with Gasteiger partial charge in [0.2, 0.25) is 0 Å². The summed E-state index contributed by atoms with van der Waals surface area (Å²) in [5, 5.41) is 0. The van der Waals surface area contributed by atoms with Gasteiger partial charge in [0.15, 0.2) is 0 Å². The number of rotatable bonds is 3. The SMILES string of the molecule is C=C1c2c[c-]ccc2C(=C)C1C#[N+]C.C=CC(=C)C(=O)c1c[c-]ccc1C.CC.[Y]. The molecular weight excluding hydrogens is 443 g/mol. The monoisotopic (exact) mass is 471 g/mol. The Kier molecular flexibility index (Phi) is 12.7. The Morgan fingerprint density at radius 3 is 2.20 bits per heavy atom. The minimum absolute atomic E-state index is 0. The van der Waals surface area contributed by atoms with Crippen LogP contribution in [0.3, 0.4) is 0 Å². The second-order valence-electron chi connectivity index (χ2n) is 6.11. The number of benzene rings is 2. The van der Waals surface area contributed by atoms with Crippen LogP contribution in [0.5, 0.6) is 0 Å². The summed E-state index contributed by atoms with van der Waals surface area (Å²) in [6, 6.07) is 20.1. The first-order valence-electron chi connectivity index (χ1n) is 9.47. The third kappa shape index (κ3) is 6.59. The van der Waals surface area contributed by atoms with Gasteiger partial charge in [-0.05, 0) is 5.57 Å². The molecule has 1 aliphatic rings. The second-order valence-corrected chi connectivity index (χ2v) is 6.11. The van der Waals surface area contributed by atoms with Crippen LogP contribution in [0.4, 0.5) is 0 Å². The minimum atomic E-state index is -0.0793. The zero-order chi connectivity index (χ0) is 22.0. The van der Waals surface area contributed by atoms with E-state index in [9.17, 15) is 4.79 Å². The molecule has 2 aromatic carbocycles. The number of carbonyl (C=O) groups excluding carboxylic acids is 1. The molecule has 1 atom stereocenters. The molecule has 0 bridgehead atoms. The van der Waals surface area contributed by atoms with E-state index >= 15 is 0 Å². The Morgan fingerprint density at radius 2 is 1.67 bits per heavy atom. The minimum Gasteiger partial charge on any atom is -0.303 e. The van der Waals surface area contributed by atoms with Gasteiger partial charge < -0.3 is 4.79 Å². The van der Waals surface area contributed by atoms with Crippen LogP contribution in [0.25, 0.3) is 16.0 Å². The maximum absolute atomic E-state index is 11.6. The van der Waals surface area contributed by atoms with Crippen molar-refractivity contribution in [2.45, 2.75) is 20.8 Å². The molecule has 0 saturated carbocycles. The average molecular weight is 471 g/mol. The summed E-state index contributed by atoms with van der Waals surface area (Å²) in [7, 11) is 1.72. The predicted octanol–water partition coefficient (Wildman–Crippen LogP) is 6.85. The summed E-state index contributed by atoms with van der Waals surface area (Å²) in [5.74, 6) is -0.0323. The summed E-state index contributed by atoms with van der Waals surface area (Å²) < 4.78 is 0. The first kappa shape index (κ1) is 27.7. The second kappa shape index (κ2) is 13.8. The molecule has 1 radical (unpaired) electrons. The molecule has 0 fully saturated rings. The van der Waals surface area contributed by atoms with Gasteiger partial charge in [0.25, 0.3) is 13.1 Å². The third-order valence-electron chi connectivity index (χ3n) is 4.38. The predicted molar refractivity (Wildman–Crippen MR) is 125 cm³/mol. The topological polar surface area (TPSA) is 21.4 Å². The molecule has 0 aromatic heterocycles.